The van der Waals surface area contributed by atoms with Crippen molar-refractivity contribution < 1.29 is 0 Å². The molecular formula is C24H31N3. The molecular weight excluding hydrogens is 330 g/mol. The van der Waals surface area contributed by atoms with Crippen molar-refractivity contribution >= 4 is 17.2 Å². The van der Waals surface area contributed by atoms with Gasteiger partial charge in [-0.2, -0.15) is 0 Å². The van der Waals surface area contributed by atoms with Gasteiger partial charge in [-0.05, 0) is 35.8 Å². The van der Waals surface area contributed by atoms with E-state index in [-0.39, 0.29) is 0 Å². The molecule has 2 aromatic carbocycles. The molecule has 1 N–H and O–H groups in total. The summed E-state index contributed by atoms with van der Waals surface area (Å²) in [4.78, 5) is 10.1. The lowest BCUT2D eigenvalue weighted by Gasteiger charge is -2.18. The van der Waals surface area contributed by atoms with E-state index < -0.39 is 0 Å². The van der Waals surface area contributed by atoms with Crippen molar-refractivity contribution in [3.8, 4) is 0 Å². The van der Waals surface area contributed by atoms with Gasteiger partial charge in [-0.25, -0.2) is 4.99 Å². The molecule has 0 fully saturated rings. The number of amidine groups is 1. The van der Waals surface area contributed by atoms with Crippen molar-refractivity contribution in [1.82, 2.24) is 5.32 Å². The molecule has 1 heterocycles. The van der Waals surface area contributed by atoms with Crippen LogP contribution in [0, 0.1) is 0 Å². The lowest BCUT2D eigenvalue weighted by atomic mass is 9.92. The van der Waals surface area contributed by atoms with Gasteiger partial charge in [0.2, 0.25) is 0 Å². The monoisotopic (exact) mass is 361 g/mol. The maximum Gasteiger partial charge on any atom is 0.147 e. The highest BCUT2D eigenvalue weighted by Gasteiger charge is 2.18. The first-order valence-electron chi connectivity index (χ1n) is 10.1. The third-order valence-corrected chi connectivity index (χ3v) is 4.98. The molecule has 0 saturated carbocycles. The summed E-state index contributed by atoms with van der Waals surface area (Å²) in [5.41, 5.74) is 5.76. The lowest BCUT2D eigenvalue weighted by Crippen LogP contribution is -2.32. The minimum atomic E-state index is 0.420. The van der Waals surface area contributed by atoms with Gasteiger partial charge in [0.25, 0.3) is 0 Å². The standard InChI is InChI=1S/C24H31N3/c1-17(2)20-13-10-14-21(18(3)4)23(20)27-22(19-11-6-5-7-12-19)24-25-15-8-9-16-26-24/h5-7,10-14,17-18H,8-9,15-16H2,1-4H3,(H,25,26). The maximum absolute atomic E-state index is 5.26. The van der Waals surface area contributed by atoms with Crippen LogP contribution in [-0.4, -0.2) is 24.6 Å². The average Bonchev–Trinajstić information content (AvgIpc) is 2.95. The predicted octanol–water partition coefficient (Wildman–Crippen LogP) is 5.84. The van der Waals surface area contributed by atoms with Crippen molar-refractivity contribution in [2.75, 3.05) is 13.1 Å². The van der Waals surface area contributed by atoms with Crippen molar-refractivity contribution in [2.24, 2.45) is 9.98 Å². The summed E-state index contributed by atoms with van der Waals surface area (Å²) in [6.07, 6.45) is 2.27. The third-order valence-electron chi connectivity index (χ3n) is 4.98. The smallest absolute Gasteiger partial charge is 0.147 e. The number of nitrogens with zero attached hydrogens (tertiary/aromatic N) is 2. The number of para-hydroxylation sites is 1. The van der Waals surface area contributed by atoms with Crippen LogP contribution in [0.5, 0.6) is 0 Å². The second kappa shape index (κ2) is 8.98. The van der Waals surface area contributed by atoms with Gasteiger partial charge in [0, 0.05) is 18.7 Å². The Hall–Kier alpha value is -2.42. The SMILES string of the molecule is CC(C)c1cccc(C(C)C)c1N=C(C1=NCCCCN1)c1ccccc1. The first kappa shape index (κ1) is 19.3. The van der Waals surface area contributed by atoms with E-state index in [9.17, 15) is 0 Å². The topological polar surface area (TPSA) is 36.8 Å². The zero-order chi connectivity index (χ0) is 19.2. The number of nitrogens with one attached hydrogen (secondary N) is 1. The minimum Gasteiger partial charge on any atom is -0.369 e. The normalized spacial score (nSPS) is 15.5. The van der Waals surface area contributed by atoms with Crippen LogP contribution in [0.25, 0.3) is 0 Å². The van der Waals surface area contributed by atoms with Gasteiger partial charge >= 0.3 is 0 Å². The van der Waals surface area contributed by atoms with Crippen LogP contribution in [0.15, 0.2) is 58.5 Å². The molecule has 3 heteroatoms. The summed E-state index contributed by atoms with van der Waals surface area (Å²) in [5, 5.41) is 3.52. The van der Waals surface area contributed by atoms with Crippen LogP contribution in [0.2, 0.25) is 0 Å². The van der Waals surface area contributed by atoms with E-state index in [0.29, 0.717) is 11.8 Å². The van der Waals surface area contributed by atoms with Gasteiger partial charge in [0.1, 0.15) is 11.5 Å². The Bertz CT molecular complexity index is 791. The highest BCUT2D eigenvalue weighted by atomic mass is 15.0. The Morgan fingerprint density at radius 2 is 1.56 bits per heavy atom. The molecule has 0 atom stereocenters. The van der Waals surface area contributed by atoms with E-state index in [2.05, 4.69) is 75.5 Å². The molecule has 0 radical (unpaired) electrons. The summed E-state index contributed by atoms with van der Waals surface area (Å²) < 4.78 is 0. The van der Waals surface area contributed by atoms with E-state index >= 15 is 0 Å². The van der Waals surface area contributed by atoms with E-state index in [1.54, 1.807) is 0 Å². The van der Waals surface area contributed by atoms with E-state index in [0.717, 1.165) is 48.7 Å². The summed E-state index contributed by atoms with van der Waals surface area (Å²) in [6, 6.07) is 17.0. The third kappa shape index (κ3) is 4.65. The molecule has 0 amide bonds. The lowest BCUT2D eigenvalue weighted by molar-refractivity contribution is 0.750. The van der Waals surface area contributed by atoms with E-state index in [4.69, 9.17) is 9.98 Å². The average molecular weight is 362 g/mol. The first-order chi connectivity index (χ1) is 13.1. The quantitative estimate of drug-likeness (QED) is 0.668. The number of aliphatic imine (C=N–C) groups is 2. The van der Waals surface area contributed by atoms with Gasteiger partial charge in [-0.15, -0.1) is 0 Å². The van der Waals surface area contributed by atoms with E-state index in [1.807, 2.05) is 6.07 Å². The maximum atomic E-state index is 5.26. The zero-order valence-corrected chi connectivity index (χ0v) is 17.0. The Morgan fingerprint density at radius 3 is 2.19 bits per heavy atom. The second-order valence-electron chi connectivity index (χ2n) is 7.79. The molecule has 0 spiro atoms. The number of rotatable bonds is 5. The van der Waals surface area contributed by atoms with Crippen LogP contribution in [0.4, 0.5) is 5.69 Å². The highest BCUT2D eigenvalue weighted by Crippen LogP contribution is 2.35. The van der Waals surface area contributed by atoms with Gasteiger partial charge in [0.15, 0.2) is 0 Å². The largest absolute Gasteiger partial charge is 0.369 e. The van der Waals surface area contributed by atoms with Gasteiger partial charge in [-0.3, -0.25) is 4.99 Å². The number of hydrogen-bond donors (Lipinski definition) is 1. The molecule has 3 rings (SSSR count). The molecule has 1 aliphatic heterocycles. The van der Waals surface area contributed by atoms with Crippen molar-refractivity contribution in [3.63, 3.8) is 0 Å². The number of hydrogen-bond acceptors (Lipinski definition) is 3. The van der Waals surface area contributed by atoms with Crippen LogP contribution < -0.4 is 5.32 Å². The molecule has 0 aromatic heterocycles. The van der Waals surface area contributed by atoms with Crippen LogP contribution >= 0.6 is 0 Å². The second-order valence-corrected chi connectivity index (χ2v) is 7.79. The Morgan fingerprint density at radius 1 is 0.889 bits per heavy atom. The Labute approximate surface area is 163 Å². The van der Waals surface area contributed by atoms with Gasteiger partial charge < -0.3 is 5.32 Å². The highest BCUT2D eigenvalue weighted by molar-refractivity contribution is 6.48. The molecule has 0 saturated heterocycles. The van der Waals surface area contributed by atoms with Crippen molar-refractivity contribution in [1.29, 1.82) is 0 Å². The van der Waals surface area contributed by atoms with Gasteiger partial charge in [-0.1, -0.05) is 76.2 Å². The first-order valence-corrected chi connectivity index (χ1v) is 10.1. The Balaban J connectivity index is 2.21. The zero-order valence-electron chi connectivity index (χ0n) is 17.0. The summed E-state index contributed by atoms with van der Waals surface area (Å²) in [5.74, 6) is 1.76. The predicted molar refractivity (Wildman–Crippen MR) is 117 cm³/mol. The number of benzene rings is 2. The molecule has 142 valence electrons. The molecule has 0 unspecified atom stereocenters. The fourth-order valence-electron chi connectivity index (χ4n) is 3.45. The molecule has 0 aliphatic carbocycles. The van der Waals surface area contributed by atoms with Crippen LogP contribution in [0.3, 0.4) is 0 Å². The molecule has 1 aliphatic rings. The summed E-state index contributed by atoms with van der Waals surface area (Å²) >= 11 is 0. The van der Waals surface area contributed by atoms with Crippen LogP contribution in [0.1, 0.15) is 69.1 Å². The fraction of sp³-hybridized carbons (Fsp3) is 0.417. The molecule has 2 aromatic rings. The van der Waals surface area contributed by atoms with Crippen LogP contribution in [-0.2, 0) is 0 Å². The van der Waals surface area contributed by atoms with Crippen molar-refractivity contribution in [3.05, 3.63) is 65.2 Å². The van der Waals surface area contributed by atoms with E-state index in [1.165, 1.54) is 11.1 Å². The van der Waals surface area contributed by atoms with Gasteiger partial charge in [0.05, 0.1) is 5.69 Å². The fourth-order valence-corrected chi connectivity index (χ4v) is 3.45. The van der Waals surface area contributed by atoms with Crippen molar-refractivity contribution in [2.45, 2.75) is 52.4 Å². The molecule has 3 nitrogen and oxygen atoms in total. The summed E-state index contributed by atoms with van der Waals surface area (Å²) in [7, 11) is 0. The Kier molecular flexibility index (Phi) is 6.44. The molecule has 27 heavy (non-hydrogen) atoms. The minimum absolute atomic E-state index is 0.420. The molecule has 0 bridgehead atoms. The summed E-state index contributed by atoms with van der Waals surface area (Å²) in [6.45, 7) is 10.8.